The fraction of sp³-hybridized carbons (Fsp3) is 0.368. The molecule has 0 saturated carbocycles. The van der Waals surface area contributed by atoms with Crippen molar-refractivity contribution in [3.8, 4) is 0 Å². The molecule has 0 radical (unpaired) electrons. The van der Waals surface area contributed by atoms with E-state index in [0.717, 1.165) is 43.0 Å². The largest absolute Gasteiger partial charge is 0.356 e. The van der Waals surface area contributed by atoms with E-state index in [1.54, 1.807) is 16.8 Å². The first-order chi connectivity index (χ1) is 13.0. The molecule has 1 amide bonds. The standard InChI is InChI=1S/C19H21FN6O/c1-12-9-17(24-25(12)2)19(27)23-14-5-7-26(8-6-14)18-15-10-13(20)3-4-16(15)21-11-22-18/h3-4,9-11,14H,5-8H2,1-2H3,(H,23,27). The molecular weight excluding hydrogens is 347 g/mol. The Morgan fingerprint density at radius 3 is 2.70 bits per heavy atom. The zero-order chi connectivity index (χ0) is 19.0. The van der Waals surface area contributed by atoms with Crippen molar-refractivity contribution in [2.45, 2.75) is 25.8 Å². The molecule has 2 aromatic heterocycles. The number of benzene rings is 1. The third-order valence-corrected chi connectivity index (χ3v) is 5.05. The van der Waals surface area contributed by atoms with Gasteiger partial charge in [-0.25, -0.2) is 14.4 Å². The van der Waals surface area contributed by atoms with Gasteiger partial charge in [-0.05, 0) is 44.0 Å². The Morgan fingerprint density at radius 2 is 2.00 bits per heavy atom. The molecule has 3 heterocycles. The summed E-state index contributed by atoms with van der Waals surface area (Å²) in [5.74, 6) is 0.294. The molecule has 7 nitrogen and oxygen atoms in total. The highest BCUT2D eigenvalue weighted by Crippen LogP contribution is 2.26. The third kappa shape index (κ3) is 3.47. The number of fused-ring (bicyclic) bond motifs is 1. The quantitative estimate of drug-likeness (QED) is 0.767. The van der Waals surface area contributed by atoms with E-state index >= 15 is 0 Å². The Labute approximate surface area is 156 Å². The lowest BCUT2D eigenvalue weighted by atomic mass is 10.0. The molecular formula is C19H21FN6O. The van der Waals surface area contributed by atoms with Gasteiger partial charge in [-0.2, -0.15) is 5.10 Å². The van der Waals surface area contributed by atoms with Gasteiger partial charge in [0.1, 0.15) is 23.7 Å². The van der Waals surface area contributed by atoms with Gasteiger partial charge < -0.3 is 10.2 Å². The summed E-state index contributed by atoms with van der Waals surface area (Å²) >= 11 is 0. The predicted molar refractivity (Wildman–Crippen MR) is 100 cm³/mol. The Bertz CT molecular complexity index is 974. The molecule has 0 spiro atoms. The van der Waals surface area contributed by atoms with Crippen LogP contribution in [0.3, 0.4) is 0 Å². The van der Waals surface area contributed by atoms with Crippen LogP contribution in [0.15, 0.2) is 30.6 Å². The minimum atomic E-state index is -0.300. The number of rotatable bonds is 3. The summed E-state index contributed by atoms with van der Waals surface area (Å²) in [5.41, 5.74) is 2.11. The first kappa shape index (κ1) is 17.4. The second kappa shape index (κ2) is 6.94. The Balaban J connectivity index is 1.43. The molecule has 140 valence electrons. The van der Waals surface area contributed by atoms with Gasteiger partial charge in [-0.15, -0.1) is 0 Å². The van der Waals surface area contributed by atoms with E-state index in [4.69, 9.17) is 0 Å². The summed E-state index contributed by atoms with van der Waals surface area (Å²) in [6.07, 6.45) is 3.09. The molecule has 3 aromatic rings. The number of amides is 1. The average Bonchev–Trinajstić information content (AvgIpc) is 3.01. The van der Waals surface area contributed by atoms with Crippen molar-refractivity contribution in [3.63, 3.8) is 0 Å². The van der Waals surface area contributed by atoms with Gasteiger partial charge in [0.15, 0.2) is 0 Å². The molecule has 0 bridgehead atoms. The summed E-state index contributed by atoms with van der Waals surface area (Å²) in [7, 11) is 1.82. The van der Waals surface area contributed by atoms with Crippen LogP contribution in [0, 0.1) is 12.7 Å². The van der Waals surface area contributed by atoms with E-state index in [1.165, 1.54) is 18.5 Å². The van der Waals surface area contributed by atoms with Crippen molar-refractivity contribution in [3.05, 3.63) is 47.8 Å². The number of aromatic nitrogens is 4. The molecule has 1 aliphatic heterocycles. The smallest absolute Gasteiger partial charge is 0.272 e. The summed E-state index contributed by atoms with van der Waals surface area (Å²) in [6.45, 7) is 3.38. The normalized spacial score (nSPS) is 15.3. The maximum atomic E-state index is 13.7. The summed E-state index contributed by atoms with van der Waals surface area (Å²) in [4.78, 5) is 23.1. The van der Waals surface area contributed by atoms with Gasteiger partial charge in [-0.3, -0.25) is 9.48 Å². The van der Waals surface area contributed by atoms with Crippen LogP contribution in [0.5, 0.6) is 0 Å². The van der Waals surface area contributed by atoms with Crippen molar-refractivity contribution in [2.24, 2.45) is 7.05 Å². The van der Waals surface area contributed by atoms with E-state index < -0.39 is 0 Å². The first-order valence-corrected chi connectivity index (χ1v) is 8.98. The monoisotopic (exact) mass is 368 g/mol. The van der Waals surface area contributed by atoms with Crippen molar-refractivity contribution >= 4 is 22.6 Å². The Kier molecular flexibility index (Phi) is 4.47. The van der Waals surface area contributed by atoms with Crippen molar-refractivity contribution in [1.29, 1.82) is 0 Å². The molecule has 1 N–H and O–H groups in total. The molecule has 27 heavy (non-hydrogen) atoms. The van der Waals surface area contributed by atoms with Crippen LogP contribution in [-0.2, 0) is 7.05 Å². The molecule has 8 heteroatoms. The second-order valence-corrected chi connectivity index (χ2v) is 6.89. The summed E-state index contributed by atoms with van der Waals surface area (Å²) in [6, 6.07) is 6.41. The number of nitrogens with one attached hydrogen (secondary N) is 1. The van der Waals surface area contributed by atoms with Crippen molar-refractivity contribution in [1.82, 2.24) is 25.1 Å². The van der Waals surface area contributed by atoms with Gasteiger partial charge >= 0.3 is 0 Å². The van der Waals surface area contributed by atoms with Gasteiger partial charge in [0.25, 0.3) is 5.91 Å². The minimum absolute atomic E-state index is 0.0842. The number of carbonyl (C=O) groups is 1. The number of carbonyl (C=O) groups excluding carboxylic acids is 1. The van der Waals surface area contributed by atoms with Crippen molar-refractivity contribution < 1.29 is 9.18 Å². The topological polar surface area (TPSA) is 75.9 Å². The zero-order valence-electron chi connectivity index (χ0n) is 15.3. The number of nitrogens with zero attached hydrogens (tertiary/aromatic N) is 5. The Morgan fingerprint density at radius 1 is 1.22 bits per heavy atom. The molecule has 0 aliphatic carbocycles. The molecule has 1 aromatic carbocycles. The molecule has 0 unspecified atom stereocenters. The van der Waals surface area contributed by atoms with Gasteiger partial charge in [0.05, 0.1) is 5.52 Å². The summed E-state index contributed by atoms with van der Waals surface area (Å²) in [5, 5.41) is 7.99. The van der Waals surface area contributed by atoms with E-state index in [0.29, 0.717) is 11.1 Å². The highest BCUT2D eigenvalue weighted by Gasteiger charge is 2.24. The van der Waals surface area contributed by atoms with Crippen LogP contribution in [0.1, 0.15) is 29.0 Å². The lowest BCUT2D eigenvalue weighted by Crippen LogP contribution is -2.45. The van der Waals surface area contributed by atoms with Crippen LogP contribution in [0.4, 0.5) is 10.2 Å². The van der Waals surface area contributed by atoms with Crippen LogP contribution in [-0.4, -0.2) is 44.8 Å². The van der Waals surface area contributed by atoms with Gasteiger partial charge in [0, 0.05) is 37.3 Å². The zero-order valence-corrected chi connectivity index (χ0v) is 15.3. The highest BCUT2D eigenvalue weighted by atomic mass is 19.1. The fourth-order valence-corrected chi connectivity index (χ4v) is 3.43. The highest BCUT2D eigenvalue weighted by molar-refractivity contribution is 5.92. The number of anilines is 1. The average molecular weight is 368 g/mol. The van der Waals surface area contributed by atoms with E-state index in [-0.39, 0.29) is 17.8 Å². The number of piperidine rings is 1. The van der Waals surface area contributed by atoms with Crippen LogP contribution >= 0.6 is 0 Å². The first-order valence-electron chi connectivity index (χ1n) is 8.98. The number of halogens is 1. The predicted octanol–water partition coefficient (Wildman–Crippen LogP) is 2.21. The SMILES string of the molecule is Cc1cc(C(=O)NC2CCN(c3ncnc4ccc(F)cc34)CC2)nn1C. The molecule has 0 atom stereocenters. The van der Waals surface area contributed by atoms with Crippen LogP contribution in [0.25, 0.3) is 10.9 Å². The minimum Gasteiger partial charge on any atom is -0.356 e. The second-order valence-electron chi connectivity index (χ2n) is 6.89. The summed E-state index contributed by atoms with van der Waals surface area (Å²) < 4.78 is 15.3. The maximum absolute atomic E-state index is 13.7. The van der Waals surface area contributed by atoms with E-state index in [2.05, 4.69) is 25.3 Å². The third-order valence-electron chi connectivity index (χ3n) is 5.05. The lowest BCUT2D eigenvalue weighted by molar-refractivity contribution is 0.0925. The van der Waals surface area contributed by atoms with Crippen LogP contribution < -0.4 is 10.2 Å². The molecule has 1 fully saturated rings. The van der Waals surface area contributed by atoms with Gasteiger partial charge in [-0.1, -0.05) is 0 Å². The lowest BCUT2D eigenvalue weighted by Gasteiger charge is -2.33. The van der Waals surface area contributed by atoms with Crippen molar-refractivity contribution in [2.75, 3.05) is 18.0 Å². The Hall–Kier alpha value is -3.03. The maximum Gasteiger partial charge on any atom is 0.272 e. The molecule has 1 saturated heterocycles. The van der Waals surface area contributed by atoms with E-state index in [1.807, 2.05) is 14.0 Å². The van der Waals surface area contributed by atoms with E-state index in [9.17, 15) is 9.18 Å². The van der Waals surface area contributed by atoms with Crippen LogP contribution in [0.2, 0.25) is 0 Å². The fourth-order valence-electron chi connectivity index (χ4n) is 3.43. The number of hydrogen-bond donors (Lipinski definition) is 1. The number of aryl methyl sites for hydroxylation is 2. The number of hydrogen-bond acceptors (Lipinski definition) is 5. The molecule has 4 rings (SSSR count). The molecule has 1 aliphatic rings. The van der Waals surface area contributed by atoms with Gasteiger partial charge in [0.2, 0.25) is 0 Å².